The molecule has 0 radical (unpaired) electrons. The van der Waals surface area contributed by atoms with Crippen molar-refractivity contribution >= 4 is 5.97 Å². The molecular formula is C11H9FN2O3. The maximum atomic E-state index is 12.7. The van der Waals surface area contributed by atoms with Crippen LogP contribution >= 0.6 is 0 Å². The standard InChI is InChI=1S/C11H9FN2O3/c12-8-1-3-9(4-2-8)14-6-10(5-13-14)17-7-11(15)16/h1-6H,7H2,(H,15,16). The van der Waals surface area contributed by atoms with Crippen LogP contribution in [0.25, 0.3) is 5.69 Å². The molecule has 0 spiro atoms. The fourth-order valence-electron chi connectivity index (χ4n) is 1.26. The van der Waals surface area contributed by atoms with Crippen LogP contribution in [0.1, 0.15) is 0 Å². The van der Waals surface area contributed by atoms with Crippen LogP contribution in [0.15, 0.2) is 36.7 Å². The number of nitrogens with zero attached hydrogens (tertiary/aromatic N) is 2. The van der Waals surface area contributed by atoms with Gasteiger partial charge in [0.2, 0.25) is 0 Å². The quantitative estimate of drug-likeness (QED) is 0.873. The van der Waals surface area contributed by atoms with Gasteiger partial charge in [0, 0.05) is 0 Å². The first-order chi connectivity index (χ1) is 8.15. The third kappa shape index (κ3) is 2.81. The second-order valence-corrected chi connectivity index (χ2v) is 3.28. The van der Waals surface area contributed by atoms with Crippen molar-refractivity contribution in [1.29, 1.82) is 0 Å². The van der Waals surface area contributed by atoms with Gasteiger partial charge in [-0.2, -0.15) is 5.10 Å². The summed E-state index contributed by atoms with van der Waals surface area (Å²) in [7, 11) is 0. The van der Waals surface area contributed by atoms with E-state index in [1.54, 1.807) is 12.1 Å². The van der Waals surface area contributed by atoms with E-state index in [-0.39, 0.29) is 5.82 Å². The van der Waals surface area contributed by atoms with E-state index in [2.05, 4.69) is 5.10 Å². The summed E-state index contributed by atoms with van der Waals surface area (Å²) in [5.41, 5.74) is 0.663. The molecule has 1 aromatic heterocycles. The van der Waals surface area contributed by atoms with Crippen LogP contribution in [0.3, 0.4) is 0 Å². The number of rotatable bonds is 4. The van der Waals surface area contributed by atoms with Gasteiger partial charge in [-0.3, -0.25) is 0 Å². The molecule has 0 amide bonds. The van der Waals surface area contributed by atoms with Crippen LogP contribution in [-0.2, 0) is 4.79 Å². The van der Waals surface area contributed by atoms with E-state index in [0.717, 1.165) is 0 Å². The minimum absolute atomic E-state index is 0.330. The van der Waals surface area contributed by atoms with Crippen LogP contribution in [0.2, 0.25) is 0 Å². The van der Waals surface area contributed by atoms with Crippen LogP contribution in [-0.4, -0.2) is 27.5 Å². The van der Waals surface area contributed by atoms with Crippen molar-refractivity contribution in [1.82, 2.24) is 9.78 Å². The third-order valence-electron chi connectivity index (χ3n) is 2.01. The van der Waals surface area contributed by atoms with Gasteiger partial charge in [0.1, 0.15) is 5.82 Å². The van der Waals surface area contributed by atoms with Gasteiger partial charge in [-0.15, -0.1) is 0 Å². The molecule has 0 saturated heterocycles. The van der Waals surface area contributed by atoms with Crippen LogP contribution in [0, 0.1) is 5.82 Å². The number of halogens is 1. The number of carbonyl (C=O) groups is 1. The molecule has 0 bridgehead atoms. The predicted octanol–water partition coefficient (Wildman–Crippen LogP) is 1.47. The zero-order chi connectivity index (χ0) is 12.3. The number of aliphatic carboxylic acids is 1. The number of ether oxygens (including phenoxy) is 1. The van der Waals surface area contributed by atoms with Gasteiger partial charge in [-0.05, 0) is 24.3 Å². The second-order valence-electron chi connectivity index (χ2n) is 3.28. The number of carboxylic acids is 1. The molecule has 1 heterocycles. The molecule has 0 aliphatic rings. The smallest absolute Gasteiger partial charge is 0.341 e. The fourth-order valence-corrected chi connectivity index (χ4v) is 1.26. The molecule has 0 atom stereocenters. The Bertz CT molecular complexity index is 522. The monoisotopic (exact) mass is 236 g/mol. The van der Waals surface area contributed by atoms with Crippen molar-refractivity contribution in [2.24, 2.45) is 0 Å². The van der Waals surface area contributed by atoms with E-state index < -0.39 is 12.6 Å². The number of carboxylic acid groups (broad SMARTS) is 1. The molecule has 0 aliphatic carbocycles. The molecule has 5 nitrogen and oxygen atoms in total. The summed E-state index contributed by atoms with van der Waals surface area (Å²) in [6.07, 6.45) is 2.92. The molecule has 88 valence electrons. The summed E-state index contributed by atoms with van der Waals surface area (Å²) in [4.78, 5) is 10.3. The van der Waals surface area contributed by atoms with Gasteiger partial charge >= 0.3 is 5.97 Å². The number of aromatic nitrogens is 2. The van der Waals surface area contributed by atoms with Crippen molar-refractivity contribution in [3.63, 3.8) is 0 Å². The van der Waals surface area contributed by atoms with Gasteiger partial charge in [0.25, 0.3) is 0 Å². The highest BCUT2D eigenvalue weighted by Gasteiger charge is 2.04. The molecule has 6 heteroatoms. The molecule has 1 N–H and O–H groups in total. The number of hydrogen-bond donors (Lipinski definition) is 1. The Morgan fingerprint density at radius 3 is 2.76 bits per heavy atom. The Morgan fingerprint density at radius 2 is 2.12 bits per heavy atom. The molecule has 2 rings (SSSR count). The first-order valence-electron chi connectivity index (χ1n) is 4.80. The van der Waals surface area contributed by atoms with E-state index >= 15 is 0 Å². The van der Waals surface area contributed by atoms with Gasteiger partial charge in [-0.25, -0.2) is 13.9 Å². The lowest BCUT2D eigenvalue weighted by Gasteiger charge is -2.00. The first-order valence-corrected chi connectivity index (χ1v) is 4.80. The Kier molecular flexibility index (Phi) is 3.04. The largest absolute Gasteiger partial charge is 0.479 e. The van der Waals surface area contributed by atoms with Crippen LogP contribution in [0.4, 0.5) is 4.39 Å². The minimum atomic E-state index is -1.06. The number of hydrogen-bond acceptors (Lipinski definition) is 3. The molecule has 0 aliphatic heterocycles. The van der Waals surface area contributed by atoms with Gasteiger partial charge < -0.3 is 9.84 Å². The van der Waals surface area contributed by atoms with Crippen molar-refractivity contribution in [2.45, 2.75) is 0 Å². The first kappa shape index (κ1) is 11.1. The molecular weight excluding hydrogens is 227 g/mol. The number of benzene rings is 1. The average Bonchev–Trinajstić information content (AvgIpc) is 2.76. The molecule has 0 unspecified atom stereocenters. The van der Waals surface area contributed by atoms with Crippen molar-refractivity contribution in [3.8, 4) is 11.4 Å². The Morgan fingerprint density at radius 1 is 1.41 bits per heavy atom. The molecule has 1 aromatic carbocycles. The predicted molar refractivity (Wildman–Crippen MR) is 56.7 cm³/mol. The minimum Gasteiger partial charge on any atom is -0.479 e. The van der Waals surface area contributed by atoms with E-state index in [4.69, 9.17) is 9.84 Å². The summed E-state index contributed by atoms with van der Waals surface area (Å²) in [6.45, 7) is -0.422. The van der Waals surface area contributed by atoms with Crippen molar-refractivity contribution in [3.05, 3.63) is 42.5 Å². The average molecular weight is 236 g/mol. The van der Waals surface area contributed by atoms with E-state index in [1.165, 1.54) is 29.2 Å². The van der Waals surface area contributed by atoms with Crippen LogP contribution < -0.4 is 4.74 Å². The zero-order valence-electron chi connectivity index (χ0n) is 8.71. The Hall–Kier alpha value is -2.37. The summed E-state index contributed by atoms with van der Waals surface area (Å²) in [6, 6.07) is 5.75. The maximum Gasteiger partial charge on any atom is 0.341 e. The fraction of sp³-hybridized carbons (Fsp3) is 0.0909. The summed E-state index contributed by atoms with van der Waals surface area (Å²) >= 11 is 0. The lowest BCUT2D eigenvalue weighted by molar-refractivity contribution is -0.139. The lowest BCUT2D eigenvalue weighted by Crippen LogP contribution is -2.08. The second kappa shape index (κ2) is 4.65. The van der Waals surface area contributed by atoms with E-state index in [9.17, 15) is 9.18 Å². The highest BCUT2D eigenvalue weighted by molar-refractivity contribution is 5.68. The van der Waals surface area contributed by atoms with Crippen molar-refractivity contribution < 1.29 is 19.0 Å². The lowest BCUT2D eigenvalue weighted by atomic mass is 10.3. The maximum absolute atomic E-state index is 12.7. The third-order valence-corrected chi connectivity index (χ3v) is 2.01. The Labute approximate surface area is 96.1 Å². The molecule has 0 saturated carbocycles. The summed E-state index contributed by atoms with van der Waals surface area (Å²) < 4.78 is 19.1. The van der Waals surface area contributed by atoms with Gasteiger partial charge in [-0.1, -0.05) is 0 Å². The SMILES string of the molecule is O=C(O)COc1cnn(-c2ccc(F)cc2)c1. The van der Waals surface area contributed by atoms with Crippen LogP contribution in [0.5, 0.6) is 5.75 Å². The zero-order valence-corrected chi connectivity index (χ0v) is 8.71. The van der Waals surface area contributed by atoms with Gasteiger partial charge in [0.05, 0.1) is 18.1 Å². The van der Waals surface area contributed by atoms with Crippen molar-refractivity contribution in [2.75, 3.05) is 6.61 Å². The Balaban J connectivity index is 2.12. The summed E-state index contributed by atoms with van der Waals surface area (Å²) in [5.74, 6) is -1.04. The highest BCUT2D eigenvalue weighted by atomic mass is 19.1. The van der Waals surface area contributed by atoms with E-state index in [0.29, 0.717) is 11.4 Å². The van der Waals surface area contributed by atoms with Gasteiger partial charge in [0.15, 0.2) is 12.4 Å². The normalized spacial score (nSPS) is 10.2. The summed E-state index contributed by atoms with van der Waals surface area (Å²) in [5, 5.41) is 12.4. The topological polar surface area (TPSA) is 64.3 Å². The molecule has 2 aromatic rings. The van der Waals surface area contributed by atoms with E-state index in [1.807, 2.05) is 0 Å². The molecule has 0 fully saturated rings. The highest BCUT2D eigenvalue weighted by Crippen LogP contribution is 2.13. The molecule has 17 heavy (non-hydrogen) atoms.